The van der Waals surface area contributed by atoms with E-state index in [-0.39, 0.29) is 23.7 Å². The van der Waals surface area contributed by atoms with Crippen LogP contribution in [0.4, 0.5) is 5.69 Å². The molecule has 0 unspecified atom stereocenters. The Morgan fingerprint density at radius 1 is 0.966 bits per heavy atom. The highest BCUT2D eigenvalue weighted by Crippen LogP contribution is 2.31. The molecule has 0 aromatic heterocycles. The maximum absolute atomic E-state index is 13.0. The number of nitrogens with one attached hydrogen (secondary N) is 1. The minimum atomic E-state index is -0.0273. The number of anilines is 1. The first-order chi connectivity index (χ1) is 14.1. The Bertz CT molecular complexity index is 814. The molecule has 0 radical (unpaired) electrons. The van der Waals surface area contributed by atoms with E-state index in [1.165, 1.54) is 0 Å². The molecule has 0 saturated heterocycles. The van der Waals surface area contributed by atoms with E-state index in [1.807, 2.05) is 66.4 Å². The lowest BCUT2D eigenvalue weighted by atomic mass is 9.80. The number of carbonyl (C=O) groups is 2. The van der Waals surface area contributed by atoms with Crippen LogP contribution < -0.4 is 15.0 Å². The Kier molecular flexibility index (Phi) is 7.28. The van der Waals surface area contributed by atoms with Crippen molar-refractivity contribution in [1.82, 2.24) is 5.32 Å². The van der Waals surface area contributed by atoms with Crippen LogP contribution in [0.25, 0.3) is 0 Å². The Morgan fingerprint density at radius 2 is 1.59 bits per heavy atom. The summed E-state index contributed by atoms with van der Waals surface area (Å²) < 4.78 is 5.34. The zero-order chi connectivity index (χ0) is 20.6. The fourth-order valence-electron chi connectivity index (χ4n) is 4.07. The van der Waals surface area contributed by atoms with Crippen molar-refractivity contribution in [2.24, 2.45) is 11.8 Å². The van der Waals surface area contributed by atoms with Crippen LogP contribution in [-0.4, -0.2) is 25.5 Å². The van der Waals surface area contributed by atoms with Crippen LogP contribution in [0.15, 0.2) is 54.6 Å². The van der Waals surface area contributed by atoms with Crippen LogP contribution in [0.2, 0.25) is 0 Å². The van der Waals surface area contributed by atoms with Crippen LogP contribution in [0.1, 0.15) is 38.2 Å². The average Bonchev–Trinajstić information content (AvgIpc) is 2.79. The third-order valence-corrected chi connectivity index (χ3v) is 5.74. The first kappa shape index (κ1) is 20.9. The number of benzene rings is 2. The van der Waals surface area contributed by atoms with Gasteiger partial charge in [0, 0.05) is 36.2 Å². The minimum Gasteiger partial charge on any atom is -0.496 e. The van der Waals surface area contributed by atoms with Gasteiger partial charge in [-0.25, -0.2) is 0 Å². The minimum absolute atomic E-state index is 0.00609. The summed E-state index contributed by atoms with van der Waals surface area (Å²) in [5, 5.41) is 3.03. The molecule has 0 aliphatic heterocycles. The van der Waals surface area contributed by atoms with Gasteiger partial charge in [0.2, 0.25) is 11.8 Å². The molecule has 29 heavy (non-hydrogen) atoms. The van der Waals surface area contributed by atoms with Gasteiger partial charge in [-0.05, 0) is 50.8 Å². The molecule has 2 amide bonds. The van der Waals surface area contributed by atoms with Gasteiger partial charge in [-0.15, -0.1) is 0 Å². The Balaban J connectivity index is 1.51. The van der Waals surface area contributed by atoms with Crippen molar-refractivity contribution in [3.05, 3.63) is 60.2 Å². The van der Waals surface area contributed by atoms with Gasteiger partial charge in [0.05, 0.1) is 7.11 Å². The molecule has 2 aromatic carbocycles. The molecule has 1 fully saturated rings. The average molecular weight is 395 g/mol. The van der Waals surface area contributed by atoms with Crippen LogP contribution in [0.5, 0.6) is 5.75 Å². The van der Waals surface area contributed by atoms with E-state index < -0.39 is 0 Å². The molecule has 5 heteroatoms. The normalized spacial score (nSPS) is 18.7. The molecule has 0 heterocycles. The Hall–Kier alpha value is -2.82. The molecule has 2 aromatic rings. The van der Waals surface area contributed by atoms with E-state index in [0.29, 0.717) is 13.1 Å². The molecule has 0 bridgehead atoms. The standard InChI is InChI=1S/C24H30N2O3/c1-3-26(21-10-5-4-6-11-21)24(28)19-15-13-18(14-16-19)23(27)25-17-20-9-7-8-12-22(20)29-2/h4-12,18-19H,3,13-17H2,1-2H3,(H,25,27). The number of methoxy groups -OCH3 is 1. The quantitative estimate of drug-likeness (QED) is 0.767. The molecule has 1 N–H and O–H groups in total. The van der Waals surface area contributed by atoms with Crippen LogP contribution >= 0.6 is 0 Å². The first-order valence-electron chi connectivity index (χ1n) is 10.4. The number of amides is 2. The van der Waals surface area contributed by atoms with Crippen molar-refractivity contribution in [2.45, 2.75) is 39.2 Å². The second-order valence-corrected chi connectivity index (χ2v) is 7.50. The number of ether oxygens (including phenoxy) is 1. The van der Waals surface area contributed by atoms with Gasteiger partial charge in [0.15, 0.2) is 0 Å². The van der Waals surface area contributed by atoms with E-state index in [0.717, 1.165) is 42.7 Å². The van der Waals surface area contributed by atoms with Crippen LogP contribution in [-0.2, 0) is 16.1 Å². The fourth-order valence-corrected chi connectivity index (χ4v) is 4.07. The molecule has 154 valence electrons. The zero-order valence-corrected chi connectivity index (χ0v) is 17.3. The van der Waals surface area contributed by atoms with Gasteiger partial charge in [-0.1, -0.05) is 36.4 Å². The molecule has 1 aliphatic rings. The lowest BCUT2D eigenvalue weighted by Crippen LogP contribution is -2.39. The number of carbonyl (C=O) groups excluding carboxylic acids is 2. The third-order valence-electron chi connectivity index (χ3n) is 5.74. The van der Waals surface area contributed by atoms with Crippen molar-refractivity contribution < 1.29 is 14.3 Å². The van der Waals surface area contributed by atoms with E-state index >= 15 is 0 Å². The predicted octanol–water partition coefficient (Wildman–Crippen LogP) is 4.17. The van der Waals surface area contributed by atoms with Gasteiger partial charge < -0.3 is 15.0 Å². The van der Waals surface area contributed by atoms with Gasteiger partial charge in [-0.3, -0.25) is 9.59 Å². The smallest absolute Gasteiger partial charge is 0.230 e. The van der Waals surface area contributed by atoms with Gasteiger partial charge in [0.1, 0.15) is 5.75 Å². The summed E-state index contributed by atoms with van der Waals surface area (Å²) in [5.74, 6) is 0.987. The summed E-state index contributed by atoms with van der Waals surface area (Å²) in [6.45, 7) is 3.11. The Labute approximate surface area is 173 Å². The summed E-state index contributed by atoms with van der Waals surface area (Å²) in [6.07, 6.45) is 3.02. The van der Waals surface area contributed by atoms with E-state index in [2.05, 4.69) is 5.32 Å². The number of para-hydroxylation sites is 2. The molecular formula is C24H30N2O3. The second-order valence-electron chi connectivity index (χ2n) is 7.50. The van der Waals surface area contributed by atoms with E-state index in [4.69, 9.17) is 4.74 Å². The summed E-state index contributed by atoms with van der Waals surface area (Å²) in [5.41, 5.74) is 1.91. The number of rotatable bonds is 7. The van der Waals surface area contributed by atoms with Crippen molar-refractivity contribution in [1.29, 1.82) is 0 Å². The number of hydrogen-bond acceptors (Lipinski definition) is 3. The maximum Gasteiger partial charge on any atom is 0.230 e. The van der Waals surface area contributed by atoms with Gasteiger partial charge in [0.25, 0.3) is 0 Å². The summed E-state index contributed by atoms with van der Waals surface area (Å²) >= 11 is 0. The van der Waals surface area contributed by atoms with Crippen LogP contribution in [0.3, 0.4) is 0 Å². The molecule has 0 spiro atoms. The summed E-state index contributed by atoms with van der Waals surface area (Å²) in [4.78, 5) is 27.5. The molecule has 1 aliphatic carbocycles. The lowest BCUT2D eigenvalue weighted by molar-refractivity contribution is -0.129. The van der Waals surface area contributed by atoms with E-state index in [1.54, 1.807) is 7.11 Å². The highest BCUT2D eigenvalue weighted by atomic mass is 16.5. The monoisotopic (exact) mass is 394 g/mol. The van der Waals surface area contributed by atoms with Crippen molar-refractivity contribution in [2.75, 3.05) is 18.6 Å². The van der Waals surface area contributed by atoms with Crippen molar-refractivity contribution >= 4 is 17.5 Å². The fraction of sp³-hybridized carbons (Fsp3) is 0.417. The van der Waals surface area contributed by atoms with Crippen molar-refractivity contribution in [3.8, 4) is 5.75 Å². The highest BCUT2D eigenvalue weighted by Gasteiger charge is 2.32. The summed E-state index contributed by atoms with van der Waals surface area (Å²) in [6, 6.07) is 17.5. The maximum atomic E-state index is 13.0. The second kappa shape index (κ2) is 10.1. The SMILES string of the molecule is CCN(C(=O)C1CCC(C(=O)NCc2ccccc2OC)CC1)c1ccccc1. The zero-order valence-electron chi connectivity index (χ0n) is 17.3. The molecule has 1 saturated carbocycles. The lowest BCUT2D eigenvalue weighted by Gasteiger charge is -2.31. The number of nitrogens with zero attached hydrogens (tertiary/aromatic N) is 1. The van der Waals surface area contributed by atoms with Crippen molar-refractivity contribution in [3.63, 3.8) is 0 Å². The highest BCUT2D eigenvalue weighted by molar-refractivity contribution is 5.95. The van der Waals surface area contributed by atoms with Gasteiger partial charge in [-0.2, -0.15) is 0 Å². The molecule has 3 rings (SSSR count). The molecule has 0 atom stereocenters. The molecule has 5 nitrogen and oxygen atoms in total. The van der Waals surface area contributed by atoms with Gasteiger partial charge >= 0.3 is 0 Å². The first-order valence-corrected chi connectivity index (χ1v) is 10.4. The van der Waals surface area contributed by atoms with E-state index in [9.17, 15) is 9.59 Å². The van der Waals surface area contributed by atoms with Crippen LogP contribution in [0, 0.1) is 11.8 Å². The topological polar surface area (TPSA) is 58.6 Å². The Morgan fingerprint density at radius 3 is 2.24 bits per heavy atom. The largest absolute Gasteiger partial charge is 0.496 e. The molecular weight excluding hydrogens is 364 g/mol. The number of hydrogen-bond donors (Lipinski definition) is 1. The predicted molar refractivity (Wildman–Crippen MR) is 115 cm³/mol. The third kappa shape index (κ3) is 5.17. The summed E-state index contributed by atoms with van der Waals surface area (Å²) in [7, 11) is 1.63.